The fourth-order valence-electron chi connectivity index (χ4n) is 2.00. The molecule has 2 aromatic rings. The number of hydrogen-bond acceptors (Lipinski definition) is 4. The Morgan fingerprint density at radius 3 is 2.62 bits per heavy atom. The van der Waals surface area contributed by atoms with E-state index in [9.17, 15) is 4.79 Å². The third kappa shape index (κ3) is 3.95. The summed E-state index contributed by atoms with van der Waals surface area (Å²) in [6.07, 6.45) is 1.75. The number of carbonyl (C=O) groups is 1. The van der Waals surface area contributed by atoms with Crippen molar-refractivity contribution in [2.45, 2.75) is 19.8 Å². The number of amides is 1. The average molecular weight is 285 g/mol. The highest BCUT2D eigenvalue weighted by Gasteiger charge is 2.09. The smallest absolute Gasteiger partial charge is 0.255 e. The Labute approximate surface area is 124 Å². The van der Waals surface area contributed by atoms with Crippen LogP contribution in [0.1, 0.15) is 29.4 Å². The summed E-state index contributed by atoms with van der Waals surface area (Å²) in [7, 11) is 1.60. The number of rotatable bonds is 5. The fourth-order valence-corrected chi connectivity index (χ4v) is 2.00. The lowest BCUT2D eigenvalue weighted by molar-refractivity contribution is 0.102. The van der Waals surface area contributed by atoms with Crippen molar-refractivity contribution in [1.29, 1.82) is 0 Å². The first-order valence-electron chi connectivity index (χ1n) is 6.84. The van der Waals surface area contributed by atoms with E-state index in [0.717, 1.165) is 24.3 Å². The Kier molecular flexibility index (Phi) is 4.77. The third-order valence-electron chi connectivity index (χ3n) is 3.01. The van der Waals surface area contributed by atoms with Gasteiger partial charge in [-0.2, -0.15) is 0 Å². The SMILES string of the molecule is CCCc1cc(C(=O)Nc2ccc(OC)cc2)cc(N)n1. The molecule has 2 rings (SSSR count). The Balaban J connectivity index is 2.15. The number of ether oxygens (including phenoxy) is 1. The largest absolute Gasteiger partial charge is 0.497 e. The molecule has 0 bridgehead atoms. The second-order valence-electron chi connectivity index (χ2n) is 4.70. The number of methoxy groups -OCH3 is 1. The van der Waals surface area contributed by atoms with Crippen LogP contribution in [0, 0.1) is 0 Å². The molecular weight excluding hydrogens is 266 g/mol. The van der Waals surface area contributed by atoms with Crippen LogP contribution in [-0.2, 0) is 6.42 Å². The normalized spacial score (nSPS) is 10.2. The van der Waals surface area contributed by atoms with Crippen molar-refractivity contribution in [1.82, 2.24) is 4.98 Å². The van der Waals surface area contributed by atoms with Gasteiger partial charge in [-0.15, -0.1) is 0 Å². The molecule has 0 fully saturated rings. The Bertz CT molecular complexity index is 624. The van der Waals surface area contributed by atoms with E-state index in [1.807, 2.05) is 0 Å². The summed E-state index contributed by atoms with van der Waals surface area (Å²) >= 11 is 0. The van der Waals surface area contributed by atoms with Crippen LogP contribution in [0.25, 0.3) is 0 Å². The maximum absolute atomic E-state index is 12.3. The quantitative estimate of drug-likeness (QED) is 0.885. The molecule has 1 aromatic carbocycles. The Morgan fingerprint density at radius 1 is 1.29 bits per heavy atom. The molecule has 0 aliphatic rings. The summed E-state index contributed by atoms with van der Waals surface area (Å²) in [5.41, 5.74) is 7.80. The molecule has 0 saturated carbocycles. The number of nitrogens with zero attached hydrogens (tertiary/aromatic N) is 1. The van der Waals surface area contributed by atoms with Crippen LogP contribution >= 0.6 is 0 Å². The maximum atomic E-state index is 12.3. The number of carbonyl (C=O) groups excluding carboxylic acids is 1. The molecule has 5 heteroatoms. The van der Waals surface area contributed by atoms with Gasteiger partial charge < -0.3 is 15.8 Å². The summed E-state index contributed by atoms with van der Waals surface area (Å²) in [4.78, 5) is 16.5. The van der Waals surface area contributed by atoms with Crippen LogP contribution in [0.4, 0.5) is 11.5 Å². The van der Waals surface area contributed by atoms with E-state index in [4.69, 9.17) is 10.5 Å². The number of nitrogens with one attached hydrogen (secondary N) is 1. The van der Waals surface area contributed by atoms with Gasteiger partial charge in [0.1, 0.15) is 11.6 Å². The minimum atomic E-state index is -0.202. The lowest BCUT2D eigenvalue weighted by atomic mass is 10.1. The molecule has 0 radical (unpaired) electrons. The van der Waals surface area contributed by atoms with Crippen molar-refractivity contribution >= 4 is 17.4 Å². The molecule has 3 N–H and O–H groups in total. The van der Waals surface area contributed by atoms with Crippen molar-refractivity contribution < 1.29 is 9.53 Å². The van der Waals surface area contributed by atoms with Gasteiger partial charge in [-0.3, -0.25) is 4.79 Å². The van der Waals surface area contributed by atoms with Gasteiger partial charge in [-0.25, -0.2) is 4.98 Å². The average Bonchev–Trinajstić information content (AvgIpc) is 2.48. The van der Waals surface area contributed by atoms with Crippen LogP contribution in [0.15, 0.2) is 36.4 Å². The van der Waals surface area contributed by atoms with Gasteiger partial charge in [0, 0.05) is 16.9 Å². The second kappa shape index (κ2) is 6.74. The van der Waals surface area contributed by atoms with E-state index in [2.05, 4.69) is 17.2 Å². The molecule has 110 valence electrons. The van der Waals surface area contributed by atoms with E-state index in [0.29, 0.717) is 17.1 Å². The standard InChI is InChI=1S/C16H19N3O2/c1-3-4-13-9-11(10-15(17)18-13)16(20)19-12-5-7-14(21-2)8-6-12/h5-10H,3-4H2,1-2H3,(H2,17,18)(H,19,20). The second-order valence-corrected chi connectivity index (χ2v) is 4.70. The van der Waals surface area contributed by atoms with Gasteiger partial charge in [0.15, 0.2) is 0 Å². The maximum Gasteiger partial charge on any atom is 0.255 e. The monoisotopic (exact) mass is 285 g/mol. The predicted molar refractivity (Wildman–Crippen MR) is 83.6 cm³/mol. The van der Waals surface area contributed by atoms with E-state index in [1.54, 1.807) is 43.5 Å². The molecule has 0 aliphatic carbocycles. The lowest BCUT2D eigenvalue weighted by Crippen LogP contribution is -2.13. The van der Waals surface area contributed by atoms with Gasteiger partial charge in [0.2, 0.25) is 0 Å². The highest BCUT2D eigenvalue weighted by atomic mass is 16.5. The van der Waals surface area contributed by atoms with Crippen LogP contribution in [0.5, 0.6) is 5.75 Å². The van der Waals surface area contributed by atoms with Crippen molar-refractivity contribution in [3.05, 3.63) is 47.7 Å². The highest BCUT2D eigenvalue weighted by molar-refractivity contribution is 6.04. The fraction of sp³-hybridized carbons (Fsp3) is 0.250. The summed E-state index contributed by atoms with van der Waals surface area (Å²) in [5, 5.41) is 2.83. The number of aryl methyl sites for hydroxylation is 1. The van der Waals surface area contributed by atoms with Crippen LogP contribution in [0.2, 0.25) is 0 Å². The molecule has 21 heavy (non-hydrogen) atoms. The van der Waals surface area contributed by atoms with E-state index in [1.165, 1.54) is 0 Å². The molecule has 0 spiro atoms. The molecule has 0 atom stereocenters. The van der Waals surface area contributed by atoms with Gasteiger partial charge in [-0.1, -0.05) is 13.3 Å². The van der Waals surface area contributed by atoms with Crippen molar-refractivity contribution in [2.24, 2.45) is 0 Å². The molecule has 0 aliphatic heterocycles. The van der Waals surface area contributed by atoms with Gasteiger partial charge in [0.05, 0.1) is 7.11 Å². The number of hydrogen-bond donors (Lipinski definition) is 2. The molecular formula is C16H19N3O2. The van der Waals surface area contributed by atoms with Crippen LogP contribution < -0.4 is 15.8 Å². The number of nitrogens with two attached hydrogens (primary N) is 1. The van der Waals surface area contributed by atoms with Crippen molar-refractivity contribution in [3.63, 3.8) is 0 Å². The first kappa shape index (κ1) is 14.8. The zero-order chi connectivity index (χ0) is 15.2. The van der Waals surface area contributed by atoms with Crippen molar-refractivity contribution in [2.75, 3.05) is 18.2 Å². The van der Waals surface area contributed by atoms with Crippen LogP contribution in [0.3, 0.4) is 0 Å². The molecule has 0 unspecified atom stereocenters. The molecule has 1 heterocycles. The number of aromatic nitrogens is 1. The molecule has 0 saturated heterocycles. The minimum Gasteiger partial charge on any atom is -0.497 e. The van der Waals surface area contributed by atoms with Gasteiger partial charge in [0.25, 0.3) is 5.91 Å². The first-order valence-corrected chi connectivity index (χ1v) is 6.84. The number of nitrogen functional groups attached to an aromatic ring is 1. The van der Waals surface area contributed by atoms with E-state index in [-0.39, 0.29) is 5.91 Å². The third-order valence-corrected chi connectivity index (χ3v) is 3.01. The predicted octanol–water partition coefficient (Wildman–Crippen LogP) is 2.88. The van der Waals surface area contributed by atoms with E-state index < -0.39 is 0 Å². The topological polar surface area (TPSA) is 77.2 Å². The van der Waals surface area contributed by atoms with E-state index >= 15 is 0 Å². The Morgan fingerprint density at radius 2 is 2.00 bits per heavy atom. The zero-order valence-corrected chi connectivity index (χ0v) is 12.2. The van der Waals surface area contributed by atoms with Gasteiger partial charge >= 0.3 is 0 Å². The highest BCUT2D eigenvalue weighted by Crippen LogP contribution is 2.17. The number of benzene rings is 1. The van der Waals surface area contributed by atoms with Crippen molar-refractivity contribution in [3.8, 4) is 5.75 Å². The first-order chi connectivity index (χ1) is 10.1. The van der Waals surface area contributed by atoms with Gasteiger partial charge in [-0.05, 0) is 42.8 Å². The number of pyridine rings is 1. The minimum absolute atomic E-state index is 0.202. The summed E-state index contributed by atoms with van der Waals surface area (Å²) in [6, 6.07) is 10.5. The summed E-state index contributed by atoms with van der Waals surface area (Å²) in [5.74, 6) is 0.902. The molecule has 1 amide bonds. The summed E-state index contributed by atoms with van der Waals surface area (Å²) in [6.45, 7) is 2.06. The lowest BCUT2D eigenvalue weighted by Gasteiger charge is -2.08. The number of anilines is 2. The molecule has 5 nitrogen and oxygen atoms in total. The summed E-state index contributed by atoms with van der Waals surface area (Å²) < 4.78 is 5.08. The molecule has 1 aromatic heterocycles. The zero-order valence-electron chi connectivity index (χ0n) is 12.2. The van der Waals surface area contributed by atoms with Crippen LogP contribution in [-0.4, -0.2) is 18.0 Å². The Hall–Kier alpha value is -2.56.